The lowest BCUT2D eigenvalue weighted by Gasteiger charge is -2.09. The molecule has 1 saturated carbocycles. The minimum Gasteiger partial charge on any atom is -0.249 e. The Labute approximate surface area is 104 Å². The number of aryl methyl sites for hydroxylation is 2. The monoisotopic (exact) mass is 233 g/mol. The van der Waals surface area contributed by atoms with Crippen LogP contribution in [0.4, 0.5) is 0 Å². The van der Waals surface area contributed by atoms with Crippen molar-refractivity contribution in [3.8, 4) is 0 Å². The summed E-state index contributed by atoms with van der Waals surface area (Å²) in [5.41, 5.74) is 2.69. The maximum absolute atomic E-state index is 4.37. The molecular weight excluding hydrogens is 210 g/mol. The van der Waals surface area contributed by atoms with Crippen LogP contribution in [0, 0.1) is 23.7 Å². The number of nitrogens with zero attached hydrogens (tertiary/aromatic N) is 3. The Morgan fingerprint density at radius 1 is 1.24 bits per heavy atom. The van der Waals surface area contributed by atoms with Crippen molar-refractivity contribution in [3.05, 3.63) is 11.4 Å². The number of hydrogen-bond donors (Lipinski definition) is 0. The van der Waals surface area contributed by atoms with Crippen LogP contribution in [-0.4, -0.2) is 15.0 Å². The predicted molar refractivity (Wildman–Crippen MR) is 67.6 cm³/mol. The minimum absolute atomic E-state index is 0.863. The summed E-state index contributed by atoms with van der Waals surface area (Å²) in [5, 5.41) is 8.63. The van der Waals surface area contributed by atoms with Crippen molar-refractivity contribution < 1.29 is 0 Å². The normalized spacial score (nSPS) is 31.6. The summed E-state index contributed by atoms with van der Waals surface area (Å²) in [6.07, 6.45) is 5.04. The Morgan fingerprint density at radius 2 is 1.94 bits per heavy atom. The van der Waals surface area contributed by atoms with Gasteiger partial charge in [-0.25, -0.2) is 4.68 Å². The molecule has 1 heterocycles. The largest absolute Gasteiger partial charge is 0.249 e. The molecular formula is C14H23N3. The molecule has 17 heavy (non-hydrogen) atoms. The molecule has 0 spiro atoms. The molecule has 0 saturated heterocycles. The van der Waals surface area contributed by atoms with E-state index in [1.54, 1.807) is 0 Å². The van der Waals surface area contributed by atoms with Crippen molar-refractivity contribution in [2.75, 3.05) is 0 Å². The van der Waals surface area contributed by atoms with Gasteiger partial charge in [0, 0.05) is 6.54 Å². The second-order valence-corrected chi connectivity index (χ2v) is 6.03. The highest BCUT2D eigenvalue weighted by Crippen LogP contribution is 2.56. The average Bonchev–Trinajstić information content (AvgIpc) is 2.83. The van der Waals surface area contributed by atoms with Gasteiger partial charge < -0.3 is 0 Å². The van der Waals surface area contributed by atoms with E-state index in [2.05, 4.69) is 35.8 Å². The molecule has 3 nitrogen and oxygen atoms in total. The molecule has 3 rings (SSSR count). The van der Waals surface area contributed by atoms with Crippen molar-refractivity contribution in [2.45, 2.75) is 53.0 Å². The van der Waals surface area contributed by atoms with Gasteiger partial charge in [-0.15, -0.1) is 5.10 Å². The predicted octanol–water partition coefficient (Wildman–Crippen LogP) is 2.70. The molecule has 0 aliphatic heterocycles. The fraction of sp³-hybridized carbons (Fsp3) is 0.857. The molecule has 1 aromatic heterocycles. The van der Waals surface area contributed by atoms with E-state index in [9.17, 15) is 0 Å². The summed E-state index contributed by atoms with van der Waals surface area (Å²) >= 11 is 0. The maximum atomic E-state index is 4.37. The van der Waals surface area contributed by atoms with Gasteiger partial charge in [0.1, 0.15) is 0 Å². The summed E-state index contributed by atoms with van der Waals surface area (Å²) in [5.74, 6) is 3.82. The second-order valence-electron chi connectivity index (χ2n) is 6.03. The Balaban J connectivity index is 1.78. The third-order valence-corrected chi connectivity index (χ3v) is 4.81. The molecule has 2 aliphatic rings. The minimum atomic E-state index is 0.863. The molecule has 0 bridgehead atoms. The van der Waals surface area contributed by atoms with Gasteiger partial charge in [0.15, 0.2) is 0 Å². The molecule has 3 heteroatoms. The van der Waals surface area contributed by atoms with Gasteiger partial charge in [0.25, 0.3) is 0 Å². The molecule has 1 unspecified atom stereocenters. The first kappa shape index (κ1) is 11.2. The first-order valence-corrected chi connectivity index (χ1v) is 7.13. The number of hydrogen-bond acceptors (Lipinski definition) is 2. The summed E-state index contributed by atoms with van der Waals surface area (Å²) in [6, 6.07) is 0. The summed E-state index contributed by atoms with van der Waals surface area (Å²) in [7, 11) is 0. The smallest absolute Gasteiger partial charge is 0.0859 e. The molecule has 0 N–H and O–H groups in total. The maximum Gasteiger partial charge on any atom is 0.0859 e. The van der Waals surface area contributed by atoms with Crippen molar-refractivity contribution in [1.29, 1.82) is 0 Å². The van der Waals surface area contributed by atoms with Gasteiger partial charge in [-0.1, -0.05) is 19.1 Å². The average molecular weight is 233 g/mol. The third-order valence-electron chi connectivity index (χ3n) is 4.81. The lowest BCUT2D eigenvalue weighted by atomic mass is 10.0. The van der Waals surface area contributed by atoms with E-state index in [-0.39, 0.29) is 0 Å². The topological polar surface area (TPSA) is 30.7 Å². The highest BCUT2D eigenvalue weighted by atomic mass is 15.4. The SMILES string of the molecule is CCn1nnc2c1CC[C@H]1C(C(C)C)[C@H]1CC2. The molecule has 2 aliphatic carbocycles. The highest BCUT2D eigenvalue weighted by Gasteiger charge is 2.50. The number of rotatable bonds is 2. The van der Waals surface area contributed by atoms with Gasteiger partial charge in [-0.2, -0.15) is 0 Å². The number of aromatic nitrogens is 3. The zero-order chi connectivity index (χ0) is 12.0. The Hall–Kier alpha value is -0.860. The van der Waals surface area contributed by atoms with E-state index < -0.39 is 0 Å². The molecule has 3 atom stereocenters. The van der Waals surface area contributed by atoms with Crippen LogP contribution in [0.15, 0.2) is 0 Å². The van der Waals surface area contributed by atoms with E-state index in [4.69, 9.17) is 0 Å². The van der Waals surface area contributed by atoms with Crippen LogP contribution >= 0.6 is 0 Å². The zero-order valence-corrected chi connectivity index (χ0v) is 11.2. The molecule has 94 valence electrons. The highest BCUT2D eigenvalue weighted by molar-refractivity contribution is 5.15. The molecule has 0 amide bonds. The lowest BCUT2D eigenvalue weighted by molar-refractivity contribution is 0.488. The van der Waals surface area contributed by atoms with Crippen LogP contribution in [0.2, 0.25) is 0 Å². The summed E-state index contributed by atoms with van der Waals surface area (Å²) < 4.78 is 2.10. The second kappa shape index (κ2) is 4.11. The van der Waals surface area contributed by atoms with Crippen molar-refractivity contribution in [2.24, 2.45) is 23.7 Å². The molecule has 1 fully saturated rings. The van der Waals surface area contributed by atoms with Gasteiger partial charge >= 0.3 is 0 Å². The van der Waals surface area contributed by atoms with Crippen LogP contribution in [0.25, 0.3) is 0 Å². The Kier molecular flexibility index (Phi) is 2.72. The molecule has 0 aromatic carbocycles. The Morgan fingerprint density at radius 3 is 2.59 bits per heavy atom. The van der Waals surface area contributed by atoms with Crippen molar-refractivity contribution in [3.63, 3.8) is 0 Å². The molecule has 1 aromatic rings. The van der Waals surface area contributed by atoms with Crippen LogP contribution in [-0.2, 0) is 19.4 Å². The van der Waals surface area contributed by atoms with Crippen molar-refractivity contribution in [1.82, 2.24) is 15.0 Å². The van der Waals surface area contributed by atoms with Crippen LogP contribution < -0.4 is 0 Å². The van der Waals surface area contributed by atoms with E-state index >= 15 is 0 Å². The van der Waals surface area contributed by atoms with Crippen LogP contribution in [0.5, 0.6) is 0 Å². The first-order valence-electron chi connectivity index (χ1n) is 7.13. The quantitative estimate of drug-likeness (QED) is 0.786. The molecule has 0 radical (unpaired) electrons. The van der Waals surface area contributed by atoms with Gasteiger partial charge in [-0.3, -0.25) is 0 Å². The van der Waals surface area contributed by atoms with E-state index in [0.717, 1.165) is 36.6 Å². The van der Waals surface area contributed by atoms with Crippen LogP contribution in [0.3, 0.4) is 0 Å². The standard InChI is InChI=1S/C14H23N3/c1-4-17-13-8-6-11-10(14(11)9(2)3)5-7-12(13)15-16-17/h9-11,14H,4-8H2,1-3H3/t10-,11+,14?/m0/s1. The Bertz CT molecular complexity index is 408. The van der Waals surface area contributed by atoms with Gasteiger partial charge in [0.2, 0.25) is 0 Å². The first-order chi connectivity index (χ1) is 8.22. The van der Waals surface area contributed by atoms with E-state index in [1.165, 1.54) is 30.7 Å². The third kappa shape index (κ3) is 1.80. The van der Waals surface area contributed by atoms with E-state index in [0.29, 0.717) is 0 Å². The summed E-state index contributed by atoms with van der Waals surface area (Å²) in [6.45, 7) is 7.89. The van der Waals surface area contributed by atoms with Crippen molar-refractivity contribution >= 4 is 0 Å². The van der Waals surface area contributed by atoms with Gasteiger partial charge in [0.05, 0.1) is 11.4 Å². The van der Waals surface area contributed by atoms with Crippen LogP contribution in [0.1, 0.15) is 45.0 Å². The fourth-order valence-electron chi connectivity index (χ4n) is 3.97. The van der Waals surface area contributed by atoms with E-state index in [1.807, 2.05) is 0 Å². The summed E-state index contributed by atoms with van der Waals surface area (Å²) in [4.78, 5) is 0. The fourth-order valence-corrected chi connectivity index (χ4v) is 3.97. The van der Waals surface area contributed by atoms with Gasteiger partial charge in [-0.05, 0) is 56.3 Å². The zero-order valence-electron chi connectivity index (χ0n) is 11.2. The number of fused-ring (bicyclic) bond motifs is 2. The lowest BCUT2D eigenvalue weighted by Crippen LogP contribution is -2.07.